The second kappa shape index (κ2) is 8.53. The van der Waals surface area contributed by atoms with Gasteiger partial charge in [0.15, 0.2) is 0 Å². The molecule has 0 aliphatic rings. The maximum Gasteiger partial charge on any atom is 0.274 e. The van der Waals surface area contributed by atoms with Crippen LogP contribution in [0.25, 0.3) is 0 Å². The highest BCUT2D eigenvalue weighted by molar-refractivity contribution is 5.93. The molecule has 0 heterocycles. The van der Waals surface area contributed by atoms with E-state index in [-0.39, 0.29) is 0 Å². The summed E-state index contributed by atoms with van der Waals surface area (Å²) in [6, 6.07) is 6.71. The summed E-state index contributed by atoms with van der Waals surface area (Å²) in [6.07, 6.45) is 6.04. The van der Waals surface area contributed by atoms with Crippen molar-refractivity contribution in [3.8, 4) is 5.75 Å². The van der Waals surface area contributed by atoms with Crippen molar-refractivity contribution in [2.75, 3.05) is 6.61 Å². The summed E-state index contributed by atoms with van der Waals surface area (Å²) in [6.45, 7) is 2.90. The molecule has 18 heavy (non-hydrogen) atoms. The number of unbranched alkanes of at least 4 members (excludes halogenated alkanes) is 4. The maximum atomic E-state index is 11.1. The summed E-state index contributed by atoms with van der Waals surface area (Å²) in [5.41, 5.74) is 2.00. The summed E-state index contributed by atoms with van der Waals surface area (Å²) in [5, 5.41) is 8.47. The first-order valence-electron chi connectivity index (χ1n) is 6.45. The molecule has 0 bridgehead atoms. The highest BCUT2D eigenvalue weighted by atomic mass is 16.5. The molecule has 1 aromatic rings. The largest absolute Gasteiger partial charge is 0.494 e. The van der Waals surface area contributed by atoms with Gasteiger partial charge in [-0.05, 0) is 30.7 Å². The highest BCUT2D eigenvalue weighted by Crippen LogP contribution is 2.13. The predicted molar refractivity (Wildman–Crippen MR) is 69.9 cm³/mol. The number of hydroxylamine groups is 1. The Morgan fingerprint density at radius 3 is 2.44 bits per heavy atom. The van der Waals surface area contributed by atoms with E-state index in [1.165, 1.54) is 25.7 Å². The lowest BCUT2D eigenvalue weighted by Crippen LogP contribution is -2.18. The molecule has 2 N–H and O–H groups in total. The van der Waals surface area contributed by atoms with E-state index in [2.05, 4.69) is 6.92 Å². The van der Waals surface area contributed by atoms with E-state index >= 15 is 0 Å². The van der Waals surface area contributed by atoms with Crippen LogP contribution in [-0.4, -0.2) is 17.7 Å². The smallest absolute Gasteiger partial charge is 0.274 e. The monoisotopic (exact) mass is 251 g/mol. The molecule has 0 aliphatic carbocycles. The van der Waals surface area contributed by atoms with Crippen molar-refractivity contribution in [2.24, 2.45) is 0 Å². The summed E-state index contributed by atoms with van der Waals surface area (Å²) in [5.74, 6) is 0.237. The fraction of sp³-hybridized carbons (Fsp3) is 0.500. The number of nitrogens with one attached hydrogen (secondary N) is 1. The minimum atomic E-state index is -0.513. The summed E-state index contributed by atoms with van der Waals surface area (Å²) in [7, 11) is 0. The van der Waals surface area contributed by atoms with Gasteiger partial charge >= 0.3 is 0 Å². The zero-order valence-corrected chi connectivity index (χ0v) is 10.8. The van der Waals surface area contributed by atoms with Crippen molar-refractivity contribution in [1.82, 2.24) is 5.48 Å². The van der Waals surface area contributed by atoms with Crippen LogP contribution < -0.4 is 10.2 Å². The minimum Gasteiger partial charge on any atom is -0.494 e. The van der Waals surface area contributed by atoms with Crippen LogP contribution in [0.3, 0.4) is 0 Å². The van der Waals surface area contributed by atoms with Crippen LogP contribution >= 0.6 is 0 Å². The topological polar surface area (TPSA) is 58.6 Å². The number of ether oxygens (including phenoxy) is 1. The molecule has 0 atom stereocenters. The molecule has 1 aromatic carbocycles. The third-order valence-corrected chi connectivity index (χ3v) is 2.73. The van der Waals surface area contributed by atoms with Crippen LogP contribution in [0.5, 0.6) is 5.75 Å². The summed E-state index contributed by atoms with van der Waals surface area (Å²) >= 11 is 0. The van der Waals surface area contributed by atoms with E-state index in [1.54, 1.807) is 29.7 Å². The summed E-state index contributed by atoms with van der Waals surface area (Å²) in [4.78, 5) is 11.1. The molecule has 0 aliphatic heterocycles. The Hall–Kier alpha value is -1.55. The van der Waals surface area contributed by atoms with E-state index in [9.17, 15) is 4.79 Å². The third-order valence-electron chi connectivity index (χ3n) is 2.73. The minimum absolute atomic E-state index is 0.410. The molecule has 0 fully saturated rings. The molecule has 0 unspecified atom stereocenters. The second-order valence-electron chi connectivity index (χ2n) is 4.23. The zero-order chi connectivity index (χ0) is 13.2. The van der Waals surface area contributed by atoms with Gasteiger partial charge in [0.1, 0.15) is 5.75 Å². The molecule has 1 amide bonds. The molecule has 4 nitrogen and oxygen atoms in total. The van der Waals surface area contributed by atoms with Crippen LogP contribution in [0.15, 0.2) is 24.3 Å². The van der Waals surface area contributed by atoms with Crippen molar-refractivity contribution in [3.05, 3.63) is 29.8 Å². The SMILES string of the molecule is CCCCCCCOc1ccc(C(=O)NO)cc1. The van der Waals surface area contributed by atoms with Crippen LogP contribution in [0.2, 0.25) is 0 Å². The van der Waals surface area contributed by atoms with E-state index in [4.69, 9.17) is 9.94 Å². The molecule has 0 aromatic heterocycles. The molecular weight excluding hydrogens is 230 g/mol. The molecule has 100 valence electrons. The third kappa shape index (κ3) is 5.19. The maximum absolute atomic E-state index is 11.1. The first kappa shape index (κ1) is 14.5. The lowest BCUT2D eigenvalue weighted by Gasteiger charge is -2.06. The molecule has 0 saturated carbocycles. The van der Waals surface area contributed by atoms with Crippen molar-refractivity contribution in [1.29, 1.82) is 0 Å². The number of amides is 1. The molecule has 0 radical (unpaired) electrons. The van der Waals surface area contributed by atoms with Gasteiger partial charge < -0.3 is 4.74 Å². The average Bonchev–Trinajstić information content (AvgIpc) is 2.42. The molecule has 4 heteroatoms. The van der Waals surface area contributed by atoms with Gasteiger partial charge in [0.05, 0.1) is 6.61 Å². The number of benzene rings is 1. The van der Waals surface area contributed by atoms with Gasteiger partial charge in [0.2, 0.25) is 0 Å². The van der Waals surface area contributed by atoms with Crippen molar-refractivity contribution in [2.45, 2.75) is 39.0 Å². The summed E-state index contributed by atoms with van der Waals surface area (Å²) < 4.78 is 5.56. The number of hydrogen-bond donors (Lipinski definition) is 2. The number of carbonyl (C=O) groups is 1. The fourth-order valence-electron chi connectivity index (χ4n) is 1.66. The standard InChI is InChI=1S/C14H21NO3/c1-2-3-4-5-6-11-18-13-9-7-12(8-10-13)14(16)15-17/h7-10,17H,2-6,11H2,1H3,(H,15,16). The van der Waals surface area contributed by atoms with Crippen LogP contribution in [-0.2, 0) is 0 Å². The van der Waals surface area contributed by atoms with E-state index in [1.807, 2.05) is 0 Å². The highest BCUT2D eigenvalue weighted by Gasteiger charge is 2.03. The van der Waals surface area contributed by atoms with Crippen LogP contribution in [0.1, 0.15) is 49.4 Å². The Kier molecular flexibility index (Phi) is 6.87. The van der Waals surface area contributed by atoms with E-state index in [0.717, 1.165) is 12.2 Å². The van der Waals surface area contributed by atoms with Crippen LogP contribution in [0, 0.1) is 0 Å². The van der Waals surface area contributed by atoms with Crippen LogP contribution in [0.4, 0.5) is 0 Å². The fourth-order valence-corrected chi connectivity index (χ4v) is 1.66. The van der Waals surface area contributed by atoms with E-state index in [0.29, 0.717) is 12.2 Å². The van der Waals surface area contributed by atoms with Gasteiger partial charge in [-0.2, -0.15) is 0 Å². The van der Waals surface area contributed by atoms with Crippen molar-refractivity contribution in [3.63, 3.8) is 0 Å². The van der Waals surface area contributed by atoms with Gasteiger partial charge in [0.25, 0.3) is 5.91 Å². The first-order valence-corrected chi connectivity index (χ1v) is 6.45. The number of carbonyl (C=O) groups excluding carboxylic acids is 1. The molecule has 0 saturated heterocycles. The second-order valence-corrected chi connectivity index (χ2v) is 4.23. The van der Waals surface area contributed by atoms with Gasteiger partial charge in [0, 0.05) is 5.56 Å². The quantitative estimate of drug-likeness (QED) is 0.424. The Labute approximate surface area is 108 Å². The van der Waals surface area contributed by atoms with Crippen molar-refractivity contribution >= 4 is 5.91 Å². The number of rotatable bonds is 8. The molecular formula is C14H21NO3. The average molecular weight is 251 g/mol. The first-order chi connectivity index (χ1) is 8.77. The Morgan fingerprint density at radius 2 is 1.83 bits per heavy atom. The Balaban J connectivity index is 2.25. The number of hydrogen-bond acceptors (Lipinski definition) is 3. The molecule has 1 rings (SSSR count). The van der Waals surface area contributed by atoms with Gasteiger partial charge in [-0.15, -0.1) is 0 Å². The Morgan fingerprint density at radius 1 is 1.17 bits per heavy atom. The lowest BCUT2D eigenvalue weighted by molar-refractivity contribution is 0.0706. The van der Waals surface area contributed by atoms with E-state index < -0.39 is 5.91 Å². The zero-order valence-electron chi connectivity index (χ0n) is 10.8. The van der Waals surface area contributed by atoms with Crippen molar-refractivity contribution < 1.29 is 14.7 Å². The normalized spacial score (nSPS) is 10.1. The van der Waals surface area contributed by atoms with Gasteiger partial charge in [-0.3, -0.25) is 10.0 Å². The van der Waals surface area contributed by atoms with Gasteiger partial charge in [-0.1, -0.05) is 32.6 Å². The lowest BCUT2D eigenvalue weighted by atomic mass is 10.2. The predicted octanol–water partition coefficient (Wildman–Crippen LogP) is 3.15. The molecule has 0 spiro atoms. The Bertz CT molecular complexity index is 349. The van der Waals surface area contributed by atoms with Gasteiger partial charge in [-0.25, -0.2) is 5.48 Å².